The Balaban J connectivity index is 1.86. The zero-order valence-corrected chi connectivity index (χ0v) is 14.2. The van der Waals surface area contributed by atoms with E-state index < -0.39 is 0 Å². The molecule has 1 saturated heterocycles. The van der Waals surface area contributed by atoms with Crippen LogP contribution < -0.4 is 0 Å². The molecule has 5 heteroatoms. The summed E-state index contributed by atoms with van der Waals surface area (Å²) < 4.78 is 0. The number of aromatic nitrogens is 1. The van der Waals surface area contributed by atoms with Crippen LogP contribution in [0.5, 0.6) is 0 Å². The molecule has 1 aromatic heterocycles. The Labute approximate surface area is 139 Å². The highest BCUT2D eigenvalue weighted by Crippen LogP contribution is 2.50. The van der Waals surface area contributed by atoms with Gasteiger partial charge in [0.15, 0.2) is 0 Å². The van der Waals surface area contributed by atoms with Crippen molar-refractivity contribution in [3.8, 4) is 0 Å². The lowest BCUT2D eigenvalue weighted by Crippen LogP contribution is -2.30. The lowest BCUT2D eigenvalue weighted by molar-refractivity contribution is -0.137. The molecular formula is C18H18N2O2S. The molecular weight excluding hydrogens is 308 g/mol. The molecule has 2 heterocycles. The van der Waals surface area contributed by atoms with Crippen LogP contribution in [0.1, 0.15) is 38.5 Å². The van der Waals surface area contributed by atoms with Crippen molar-refractivity contribution >= 4 is 23.2 Å². The maximum atomic E-state index is 12.7. The summed E-state index contributed by atoms with van der Waals surface area (Å²) in [6.45, 7) is 4.01. The molecule has 1 fully saturated rings. The Hall–Kier alpha value is -2.01. The van der Waals surface area contributed by atoms with E-state index in [4.69, 9.17) is 0 Å². The largest absolute Gasteiger partial charge is 0.285 e. The normalized spacial score (nSPS) is 26.4. The van der Waals surface area contributed by atoms with Gasteiger partial charge in [0.05, 0.1) is 22.5 Å². The lowest BCUT2D eigenvalue weighted by atomic mass is 9.72. The topological polar surface area (TPSA) is 50.3 Å². The van der Waals surface area contributed by atoms with Gasteiger partial charge in [-0.3, -0.25) is 14.5 Å². The summed E-state index contributed by atoms with van der Waals surface area (Å²) in [6, 6.07) is 8.29. The number of carbonyl (C=O) groups is 2. The van der Waals surface area contributed by atoms with Crippen molar-refractivity contribution in [1.29, 1.82) is 0 Å². The number of aryl methyl sites for hydroxylation is 2. The van der Waals surface area contributed by atoms with Crippen LogP contribution in [0, 0.1) is 19.8 Å². The fraction of sp³-hybridized carbons (Fsp3) is 0.389. The van der Waals surface area contributed by atoms with Crippen LogP contribution in [0.3, 0.4) is 0 Å². The summed E-state index contributed by atoms with van der Waals surface area (Å²) in [5.74, 6) is -0.753. The van der Waals surface area contributed by atoms with E-state index >= 15 is 0 Å². The van der Waals surface area contributed by atoms with E-state index in [1.54, 1.807) is 18.4 Å². The summed E-state index contributed by atoms with van der Waals surface area (Å²) in [7, 11) is 1.60. The molecule has 118 valence electrons. The van der Waals surface area contributed by atoms with E-state index in [2.05, 4.69) is 29.2 Å². The van der Waals surface area contributed by atoms with E-state index in [0.717, 1.165) is 27.6 Å². The quantitative estimate of drug-likeness (QED) is 0.757. The summed E-state index contributed by atoms with van der Waals surface area (Å²) in [5, 5.41) is 0.966. The number of likely N-dealkylation sites (N-methyl/N-ethyl adjacent to an activating group) is 1. The van der Waals surface area contributed by atoms with Gasteiger partial charge in [0.25, 0.3) is 0 Å². The first-order chi connectivity index (χ1) is 11.0. The first-order valence-corrected chi connectivity index (χ1v) is 8.63. The van der Waals surface area contributed by atoms with E-state index in [1.807, 2.05) is 13.8 Å². The van der Waals surface area contributed by atoms with Crippen LogP contribution >= 0.6 is 11.3 Å². The zero-order chi connectivity index (χ0) is 16.3. The lowest BCUT2D eigenvalue weighted by Gasteiger charge is -2.30. The van der Waals surface area contributed by atoms with Gasteiger partial charge in [0, 0.05) is 17.8 Å². The molecule has 0 radical (unpaired) electrons. The second-order valence-electron chi connectivity index (χ2n) is 6.50. The molecule has 0 spiro atoms. The van der Waals surface area contributed by atoms with Crippen molar-refractivity contribution in [2.45, 2.75) is 32.1 Å². The van der Waals surface area contributed by atoms with Gasteiger partial charge in [-0.05, 0) is 25.8 Å². The van der Waals surface area contributed by atoms with Gasteiger partial charge in [-0.2, -0.15) is 0 Å². The third-order valence-electron chi connectivity index (χ3n) is 5.04. The Morgan fingerprint density at radius 2 is 1.83 bits per heavy atom. The minimum absolute atomic E-state index is 0.0241. The molecule has 4 rings (SSSR count). The smallest absolute Gasteiger partial charge is 0.238 e. The second kappa shape index (κ2) is 4.99. The number of imide groups is 1. The predicted octanol–water partition coefficient (Wildman–Crippen LogP) is 2.80. The maximum absolute atomic E-state index is 12.7. The average molecular weight is 326 g/mol. The van der Waals surface area contributed by atoms with Gasteiger partial charge < -0.3 is 0 Å². The predicted molar refractivity (Wildman–Crippen MR) is 88.5 cm³/mol. The third-order valence-corrected chi connectivity index (χ3v) is 6.14. The summed E-state index contributed by atoms with van der Waals surface area (Å²) in [5.41, 5.74) is 3.31. The molecule has 0 bridgehead atoms. The van der Waals surface area contributed by atoms with Crippen molar-refractivity contribution in [1.82, 2.24) is 9.88 Å². The second-order valence-corrected chi connectivity index (χ2v) is 7.74. The molecule has 2 aliphatic rings. The van der Waals surface area contributed by atoms with Crippen molar-refractivity contribution in [3.63, 3.8) is 0 Å². The van der Waals surface area contributed by atoms with Gasteiger partial charge >= 0.3 is 0 Å². The number of fused-ring (bicyclic) bond motifs is 3. The number of rotatable bonds is 1. The fourth-order valence-electron chi connectivity index (χ4n) is 3.87. The average Bonchev–Trinajstić information content (AvgIpc) is 3.00. The van der Waals surface area contributed by atoms with E-state index in [9.17, 15) is 9.59 Å². The first-order valence-electron chi connectivity index (χ1n) is 7.81. The summed E-state index contributed by atoms with van der Waals surface area (Å²) in [4.78, 5) is 32.3. The zero-order valence-electron chi connectivity index (χ0n) is 13.4. The van der Waals surface area contributed by atoms with Crippen molar-refractivity contribution in [2.24, 2.45) is 5.92 Å². The van der Waals surface area contributed by atoms with Gasteiger partial charge in [-0.1, -0.05) is 29.8 Å². The first kappa shape index (κ1) is 14.6. The molecule has 1 aliphatic heterocycles. The molecule has 3 atom stereocenters. The fourth-order valence-corrected chi connectivity index (χ4v) is 4.96. The summed E-state index contributed by atoms with van der Waals surface area (Å²) >= 11 is 1.56. The molecule has 0 N–H and O–H groups in total. The Morgan fingerprint density at radius 1 is 1.13 bits per heavy atom. The van der Waals surface area contributed by atoms with E-state index in [-0.39, 0.29) is 29.6 Å². The van der Waals surface area contributed by atoms with Gasteiger partial charge in [0.2, 0.25) is 11.8 Å². The van der Waals surface area contributed by atoms with Gasteiger partial charge in [-0.25, -0.2) is 4.98 Å². The van der Waals surface area contributed by atoms with Crippen molar-refractivity contribution in [3.05, 3.63) is 51.0 Å². The van der Waals surface area contributed by atoms with Crippen LogP contribution in [0.15, 0.2) is 24.3 Å². The minimum atomic E-state index is -0.353. The Kier molecular flexibility index (Phi) is 3.17. The van der Waals surface area contributed by atoms with Crippen LogP contribution in [0.25, 0.3) is 0 Å². The van der Waals surface area contributed by atoms with Crippen LogP contribution in [0.4, 0.5) is 0 Å². The summed E-state index contributed by atoms with van der Waals surface area (Å²) in [6.07, 6.45) is 0.733. The van der Waals surface area contributed by atoms with E-state index in [0.29, 0.717) is 0 Å². The third kappa shape index (κ3) is 2.06. The number of hydrogen-bond donors (Lipinski definition) is 0. The van der Waals surface area contributed by atoms with E-state index in [1.165, 1.54) is 10.5 Å². The molecule has 23 heavy (non-hydrogen) atoms. The van der Waals surface area contributed by atoms with Crippen LogP contribution in [-0.2, 0) is 16.0 Å². The molecule has 4 nitrogen and oxygen atoms in total. The number of thiazole rings is 1. The van der Waals surface area contributed by atoms with Crippen molar-refractivity contribution < 1.29 is 9.59 Å². The Bertz CT molecular complexity index is 809. The number of amides is 2. The van der Waals surface area contributed by atoms with Crippen LogP contribution in [0.2, 0.25) is 0 Å². The number of hydrogen-bond acceptors (Lipinski definition) is 4. The number of benzene rings is 1. The highest BCUT2D eigenvalue weighted by atomic mass is 32.1. The maximum Gasteiger partial charge on any atom is 0.238 e. The highest BCUT2D eigenvalue weighted by Gasteiger charge is 2.54. The molecule has 2 aromatic rings. The Morgan fingerprint density at radius 3 is 2.52 bits per heavy atom. The van der Waals surface area contributed by atoms with Gasteiger partial charge in [0.1, 0.15) is 0 Å². The van der Waals surface area contributed by atoms with Gasteiger partial charge in [-0.15, -0.1) is 11.3 Å². The molecule has 2 amide bonds. The minimum Gasteiger partial charge on any atom is -0.285 e. The SMILES string of the molecule is Cc1ccc([C@@H]2Cc3nc(C)sc3[C@H]3C(=O)N(C)C(=O)[C@H]32)cc1. The molecule has 1 aliphatic carbocycles. The number of nitrogens with zero attached hydrogens (tertiary/aromatic N) is 2. The van der Waals surface area contributed by atoms with Crippen molar-refractivity contribution in [2.75, 3.05) is 7.05 Å². The van der Waals surface area contributed by atoms with Crippen LogP contribution in [-0.4, -0.2) is 28.7 Å². The number of carbonyl (C=O) groups excluding carboxylic acids is 2. The number of likely N-dealkylation sites (tertiary alicyclic amines) is 1. The molecule has 1 aromatic carbocycles. The molecule has 0 unspecified atom stereocenters. The monoisotopic (exact) mass is 326 g/mol. The standard InChI is InChI=1S/C18H18N2O2S/c1-9-4-6-11(7-5-9)12-8-13-16(23-10(2)19-13)15-14(12)17(21)20(3)18(15)22/h4-7,12,14-15H,8H2,1-3H3/t12-,14-,15-/m0/s1. The highest BCUT2D eigenvalue weighted by molar-refractivity contribution is 7.12. The molecule has 0 saturated carbocycles.